The molecule has 0 atom stereocenters. The maximum Gasteiger partial charge on any atom is 0.271 e. The second-order valence-corrected chi connectivity index (χ2v) is 5.24. The molecule has 1 heterocycles. The quantitative estimate of drug-likeness (QED) is 0.799. The van der Waals surface area contributed by atoms with Crippen molar-refractivity contribution >= 4 is 5.91 Å². The van der Waals surface area contributed by atoms with Crippen LogP contribution < -0.4 is 10.1 Å². The third-order valence-electron chi connectivity index (χ3n) is 3.50. The predicted molar refractivity (Wildman–Crippen MR) is 86.7 cm³/mol. The van der Waals surface area contributed by atoms with E-state index in [1.165, 1.54) is 0 Å². The molecule has 0 saturated carbocycles. The zero-order valence-electron chi connectivity index (χ0n) is 13.4. The molecule has 1 aromatic heterocycles. The summed E-state index contributed by atoms with van der Waals surface area (Å²) in [7, 11) is 1.63. The fourth-order valence-corrected chi connectivity index (χ4v) is 2.24. The van der Waals surface area contributed by atoms with E-state index in [9.17, 15) is 4.79 Å². The molecule has 0 aliphatic carbocycles. The van der Waals surface area contributed by atoms with Gasteiger partial charge in [0, 0.05) is 12.2 Å². The molecule has 5 heteroatoms. The Labute approximate surface area is 131 Å². The summed E-state index contributed by atoms with van der Waals surface area (Å²) in [6.45, 7) is 4.77. The molecule has 2 aromatic rings. The number of aromatic nitrogens is 2. The van der Waals surface area contributed by atoms with Crippen LogP contribution in [0, 0.1) is 6.92 Å². The lowest BCUT2D eigenvalue weighted by Crippen LogP contribution is -2.25. The van der Waals surface area contributed by atoms with E-state index in [2.05, 4.69) is 17.3 Å². The lowest BCUT2D eigenvalue weighted by Gasteiger charge is -2.05. The molecule has 0 unspecified atom stereocenters. The largest absolute Gasteiger partial charge is 0.497 e. The van der Waals surface area contributed by atoms with Gasteiger partial charge in [0.25, 0.3) is 5.91 Å². The number of nitrogens with zero attached hydrogens (tertiary/aromatic N) is 2. The first-order valence-corrected chi connectivity index (χ1v) is 7.65. The highest BCUT2D eigenvalue weighted by Gasteiger charge is 2.12. The molecule has 1 amide bonds. The number of hydrogen-bond donors (Lipinski definition) is 1. The van der Waals surface area contributed by atoms with E-state index >= 15 is 0 Å². The summed E-state index contributed by atoms with van der Waals surface area (Å²) in [4.78, 5) is 12.1. The average molecular weight is 301 g/mol. The zero-order valence-corrected chi connectivity index (χ0v) is 13.4. The van der Waals surface area contributed by atoms with Gasteiger partial charge in [-0.2, -0.15) is 5.10 Å². The van der Waals surface area contributed by atoms with Crippen LogP contribution in [0.2, 0.25) is 0 Å². The maximum atomic E-state index is 12.1. The van der Waals surface area contributed by atoms with Gasteiger partial charge in [0.15, 0.2) is 5.69 Å². The van der Waals surface area contributed by atoms with Crippen LogP contribution in [0.1, 0.15) is 42.4 Å². The Morgan fingerprint density at radius 1 is 1.27 bits per heavy atom. The molecule has 118 valence electrons. The third kappa shape index (κ3) is 3.87. The molecule has 0 aliphatic heterocycles. The number of unbranched alkanes of at least 4 members (excludes halogenated alkanes) is 2. The number of carbonyl (C=O) groups excluding carboxylic acids is 1. The van der Waals surface area contributed by atoms with Crippen molar-refractivity contribution in [3.63, 3.8) is 0 Å². The van der Waals surface area contributed by atoms with Crippen molar-refractivity contribution < 1.29 is 9.53 Å². The summed E-state index contributed by atoms with van der Waals surface area (Å²) in [5.41, 5.74) is 2.28. The Kier molecular flexibility index (Phi) is 5.58. The average Bonchev–Trinajstić information content (AvgIpc) is 2.93. The number of benzene rings is 1. The Morgan fingerprint density at radius 3 is 2.64 bits per heavy atom. The molecule has 0 fully saturated rings. The van der Waals surface area contributed by atoms with E-state index in [0.717, 1.165) is 36.4 Å². The topological polar surface area (TPSA) is 56.2 Å². The van der Waals surface area contributed by atoms with Crippen LogP contribution in [0.3, 0.4) is 0 Å². The Bertz CT molecular complexity index is 617. The molecule has 1 N–H and O–H groups in total. The third-order valence-corrected chi connectivity index (χ3v) is 3.50. The summed E-state index contributed by atoms with van der Waals surface area (Å²) in [5.74, 6) is 0.675. The number of aryl methyl sites for hydroxylation is 1. The molecule has 5 nitrogen and oxygen atoms in total. The highest BCUT2D eigenvalue weighted by molar-refractivity contribution is 5.92. The van der Waals surface area contributed by atoms with E-state index in [1.54, 1.807) is 17.9 Å². The summed E-state index contributed by atoms with van der Waals surface area (Å²) < 4.78 is 6.91. The number of hydrogen-bond acceptors (Lipinski definition) is 3. The van der Waals surface area contributed by atoms with Crippen molar-refractivity contribution in [1.82, 2.24) is 15.1 Å². The smallest absolute Gasteiger partial charge is 0.271 e. The molecule has 0 radical (unpaired) electrons. The summed E-state index contributed by atoms with van der Waals surface area (Å²) in [5, 5.41) is 7.31. The molecule has 22 heavy (non-hydrogen) atoms. The van der Waals surface area contributed by atoms with Crippen molar-refractivity contribution in [1.29, 1.82) is 0 Å². The number of carbonyl (C=O) groups is 1. The Hall–Kier alpha value is -2.30. The molecule has 2 rings (SSSR count). The Balaban J connectivity index is 2.08. The van der Waals surface area contributed by atoms with Gasteiger partial charge in [-0.15, -0.1) is 0 Å². The fourth-order valence-electron chi connectivity index (χ4n) is 2.24. The van der Waals surface area contributed by atoms with Crippen molar-refractivity contribution in [3.05, 3.63) is 41.7 Å². The SMILES string of the molecule is CCCCCNC(=O)c1cc(C)n(-c2ccc(OC)cc2)n1. The van der Waals surface area contributed by atoms with Gasteiger partial charge >= 0.3 is 0 Å². The van der Waals surface area contributed by atoms with Crippen LogP contribution in [0.15, 0.2) is 30.3 Å². The van der Waals surface area contributed by atoms with Gasteiger partial charge in [0.05, 0.1) is 12.8 Å². The molecular weight excluding hydrogens is 278 g/mol. The van der Waals surface area contributed by atoms with Crippen LogP contribution in [0.5, 0.6) is 5.75 Å². The minimum atomic E-state index is -0.119. The van der Waals surface area contributed by atoms with Crippen LogP contribution in [0.25, 0.3) is 5.69 Å². The second kappa shape index (κ2) is 7.64. The summed E-state index contributed by atoms with van der Waals surface area (Å²) in [6.07, 6.45) is 3.26. The van der Waals surface area contributed by atoms with Crippen LogP contribution >= 0.6 is 0 Å². The standard InChI is InChI=1S/C17H23N3O2/c1-4-5-6-11-18-17(21)16-12-13(2)20(19-16)14-7-9-15(22-3)10-8-14/h7-10,12H,4-6,11H2,1-3H3,(H,18,21). The van der Waals surface area contributed by atoms with Crippen molar-refractivity contribution in [2.45, 2.75) is 33.1 Å². The van der Waals surface area contributed by atoms with Gasteiger partial charge in [-0.1, -0.05) is 19.8 Å². The summed E-state index contributed by atoms with van der Waals surface area (Å²) >= 11 is 0. The molecule has 0 bridgehead atoms. The number of ether oxygens (including phenoxy) is 1. The first-order chi connectivity index (χ1) is 10.7. The van der Waals surface area contributed by atoms with Crippen LogP contribution in [0.4, 0.5) is 0 Å². The second-order valence-electron chi connectivity index (χ2n) is 5.24. The van der Waals surface area contributed by atoms with E-state index in [0.29, 0.717) is 12.2 Å². The minimum Gasteiger partial charge on any atom is -0.497 e. The van der Waals surface area contributed by atoms with E-state index in [4.69, 9.17) is 4.74 Å². The van der Waals surface area contributed by atoms with E-state index in [1.807, 2.05) is 31.2 Å². The maximum absolute atomic E-state index is 12.1. The first-order valence-electron chi connectivity index (χ1n) is 7.65. The molecule has 0 saturated heterocycles. The van der Waals surface area contributed by atoms with Crippen molar-refractivity contribution in [2.75, 3.05) is 13.7 Å². The van der Waals surface area contributed by atoms with E-state index < -0.39 is 0 Å². The van der Waals surface area contributed by atoms with Crippen LogP contribution in [-0.4, -0.2) is 29.3 Å². The molecular formula is C17H23N3O2. The predicted octanol–water partition coefficient (Wildman–Crippen LogP) is 3.11. The molecule has 0 spiro atoms. The van der Waals surface area contributed by atoms with Gasteiger partial charge < -0.3 is 10.1 Å². The molecule has 0 aliphatic rings. The van der Waals surface area contributed by atoms with Gasteiger partial charge in [0.2, 0.25) is 0 Å². The fraction of sp³-hybridized carbons (Fsp3) is 0.412. The minimum absolute atomic E-state index is 0.119. The summed E-state index contributed by atoms with van der Waals surface area (Å²) in [6, 6.07) is 9.39. The lowest BCUT2D eigenvalue weighted by atomic mass is 10.2. The van der Waals surface area contributed by atoms with Gasteiger partial charge in [0.1, 0.15) is 5.75 Å². The first kappa shape index (κ1) is 16.1. The van der Waals surface area contributed by atoms with Crippen LogP contribution in [-0.2, 0) is 0 Å². The number of nitrogens with one attached hydrogen (secondary N) is 1. The van der Waals surface area contributed by atoms with E-state index in [-0.39, 0.29) is 5.91 Å². The normalized spacial score (nSPS) is 10.5. The zero-order chi connectivity index (χ0) is 15.9. The highest BCUT2D eigenvalue weighted by Crippen LogP contribution is 2.16. The highest BCUT2D eigenvalue weighted by atomic mass is 16.5. The lowest BCUT2D eigenvalue weighted by molar-refractivity contribution is 0.0947. The van der Waals surface area contributed by atoms with Crippen molar-refractivity contribution in [3.8, 4) is 11.4 Å². The number of rotatable bonds is 7. The number of methoxy groups -OCH3 is 1. The van der Waals surface area contributed by atoms with Crippen molar-refractivity contribution in [2.24, 2.45) is 0 Å². The Morgan fingerprint density at radius 2 is 2.00 bits per heavy atom. The monoisotopic (exact) mass is 301 g/mol. The van der Waals surface area contributed by atoms with Gasteiger partial charge in [-0.25, -0.2) is 4.68 Å². The van der Waals surface area contributed by atoms with Gasteiger partial charge in [-0.3, -0.25) is 4.79 Å². The number of amides is 1. The van der Waals surface area contributed by atoms with Gasteiger partial charge in [-0.05, 0) is 43.7 Å². The molecule has 1 aromatic carbocycles.